The predicted molar refractivity (Wildman–Crippen MR) is 115 cm³/mol. The Morgan fingerprint density at radius 2 is 1.93 bits per heavy atom. The summed E-state index contributed by atoms with van der Waals surface area (Å²) in [4.78, 5) is 32.2. The fraction of sp³-hybridized carbons (Fsp3) is 0.0952. The largest absolute Gasteiger partial charge is 0.325 e. The lowest BCUT2D eigenvalue weighted by molar-refractivity contribution is -0.115. The standard InChI is InChI=1S/C21H16N6O2S/c1-13(19(28)24-15-9-7-14(11-22)8-10-15)30-21-25-18-17(20(29)26-21)12-23-27(18)16-5-3-2-4-6-16/h2-10,12-13H,1H3,(H,24,28)(H,25,26,29)/t13-/m0/s1. The van der Waals surface area contributed by atoms with Crippen LogP contribution in [0.1, 0.15) is 12.5 Å². The van der Waals surface area contributed by atoms with Crippen LogP contribution in [0.2, 0.25) is 0 Å². The summed E-state index contributed by atoms with van der Waals surface area (Å²) in [5.74, 6) is -0.246. The van der Waals surface area contributed by atoms with Gasteiger partial charge < -0.3 is 10.3 Å². The first-order valence-corrected chi connectivity index (χ1v) is 9.94. The van der Waals surface area contributed by atoms with Crippen molar-refractivity contribution in [2.75, 3.05) is 5.32 Å². The van der Waals surface area contributed by atoms with E-state index in [1.165, 1.54) is 6.20 Å². The van der Waals surface area contributed by atoms with E-state index in [0.717, 1.165) is 17.4 Å². The van der Waals surface area contributed by atoms with Gasteiger partial charge in [0.05, 0.1) is 28.8 Å². The number of anilines is 1. The van der Waals surface area contributed by atoms with Crippen LogP contribution in [-0.2, 0) is 4.79 Å². The number of carbonyl (C=O) groups excluding carboxylic acids is 1. The number of carbonyl (C=O) groups is 1. The number of nitrogens with one attached hydrogen (secondary N) is 2. The lowest BCUT2D eigenvalue weighted by atomic mass is 10.2. The van der Waals surface area contributed by atoms with E-state index in [1.807, 2.05) is 36.4 Å². The van der Waals surface area contributed by atoms with Crippen LogP contribution in [-0.4, -0.2) is 30.9 Å². The van der Waals surface area contributed by atoms with E-state index in [-0.39, 0.29) is 11.5 Å². The molecule has 0 spiro atoms. The quantitative estimate of drug-likeness (QED) is 0.381. The van der Waals surface area contributed by atoms with Gasteiger partial charge in [-0.05, 0) is 43.3 Å². The number of fused-ring (bicyclic) bond motifs is 1. The number of aromatic amines is 1. The molecule has 0 unspecified atom stereocenters. The Hall–Kier alpha value is -3.90. The summed E-state index contributed by atoms with van der Waals surface area (Å²) in [5.41, 5.74) is 2.00. The van der Waals surface area contributed by atoms with Crippen LogP contribution in [0.3, 0.4) is 0 Å². The van der Waals surface area contributed by atoms with E-state index in [0.29, 0.717) is 27.4 Å². The van der Waals surface area contributed by atoms with Crippen LogP contribution in [0.4, 0.5) is 5.69 Å². The van der Waals surface area contributed by atoms with E-state index < -0.39 is 5.25 Å². The topological polar surface area (TPSA) is 116 Å². The number of para-hydroxylation sites is 1. The van der Waals surface area contributed by atoms with Gasteiger partial charge in [0.15, 0.2) is 10.8 Å². The number of nitrogens with zero attached hydrogens (tertiary/aromatic N) is 4. The van der Waals surface area contributed by atoms with Gasteiger partial charge in [0.2, 0.25) is 5.91 Å². The predicted octanol–water partition coefficient (Wildman–Crippen LogP) is 3.10. The molecule has 0 radical (unpaired) electrons. The van der Waals surface area contributed by atoms with Crippen LogP contribution < -0.4 is 10.9 Å². The van der Waals surface area contributed by atoms with E-state index in [4.69, 9.17) is 5.26 Å². The summed E-state index contributed by atoms with van der Waals surface area (Å²) in [6.07, 6.45) is 1.48. The average molecular weight is 416 g/mol. The second-order valence-electron chi connectivity index (χ2n) is 6.44. The number of aromatic nitrogens is 4. The minimum Gasteiger partial charge on any atom is -0.325 e. The summed E-state index contributed by atoms with van der Waals surface area (Å²) in [7, 11) is 0. The molecule has 0 aliphatic carbocycles. The highest BCUT2D eigenvalue weighted by Crippen LogP contribution is 2.22. The highest BCUT2D eigenvalue weighted by Gasteiger charge is 2.18. The van der Waals surface area contributed by atoms with Crippen LogP contribution in [0, 0.1) is 11.3 Å². The molecule has 4 aromatic rings. The summed E-state index contributed by atoms with van der Waals surface area (Å²) < 4.78 is 1.59. The lowest BCUT2D eigenvalue weighted by Crippen LogP contribution is -2.23. The lowest BCUT2D eigenvalue weighted by Gasteiger charge is -2.11. The van der Waals surface area contributed by atoms with E-state index in [1.54, 1.807) is 35.9 Å². The van der Waals surface area contributed by atoms with E-state index in [9.17, 15) is 9.59 Å². The Morgan fingerprint density at radius 3 is 2.63 bits per heavy atom. The third-order valence-electron chi connectivity index (χ3n) is 4.36. The normalized spacial score (nSPS) is 11.7. The zero-order valence-corrected chi connectivity index (χ0v) is 16.7. The molecular formula is C21H16N6O2S. The van der Waals surface area contributed by atoms with Gasteiger partial charge in [-0.15, -0.1) is 0 Å². The molecule has 8 nitrogen and oxygen atoms in total. The molecule has 2 heterocycles. The van der Waals surface area contributed by atoms with E-state index >= 15 is 0 Å². The Morgan fingerprint density at radius 1 is 1.20 bits per heavy atom. The number of hydrogen-bond donors (Lipinski definition) is 2. The highest BCUT2D eigenvalue weighted by atomic mass is 32.2. The van der Waals surface area contributed by atoms with Crippen molar-refractivity contribution in [2.24, 2.45) is 0 Å². The van der Waals surface area contributed by atoms with Gasteiger partial charge in [0.1, 0.15) is 5.39 Å². The van der Waals surface area contributed by atoms with Gasteiger partial charge in [-0.3, -0.25) is 9.59 Å². The number of nitriles is 1. The van der Waals surface area contributed by atoms with Crippen molar-refractivity contribution >= 4 is 34.4 Å². The van der Waals surface area contributed by atoms with Crippen LogP contribution in [0.15, 0.2) is 70.7 Å². The molecule has 1 atom stereocenters. The van der Waals surface area contributed by atoms with Crippen molar-refractivity contribution in [2.45, 2.75) is 17.3 Å². The first kappa shape index (κ1) is 19.4. The van der Waals surface area contributed by atoms with Crippen LogP contribution in [0.5, 0.6) is 0 Å². The minimum absolute atomic E-state index is 0.246. The summed E-state index contributed by atoms with van der Waals surface area (Å²) in [6.45, 7) is 1.72. The zero-order valence-electron chi connectivity index (χ0n) is 15.9. The maximum Gasteiger partial charge on any atom is 0.262 e. The summed E-state index contributed by atoms with van der Waals surface area (Å²) in [5, 5.41) is 16.1. The van der Waals surface area contributed by atoms with E-state index in [2.05, 4.69) is 20.4 Å². The molecule has 4 rings (SSSR count). The number of hydrogen-bond acceptors (Lipinski definition) is 6. The Balaban J connectivity index is 1.56. The molecule has 0 saturated heterocycles. The Kier molecular flexibility index (Phi) is 5.32. The molecule has 0 saturated carbocycles. The first-order valence-electron chi connectivity index (χ1n) is 9.06. The second-order valence-corrected chi connectivity index (χ2v) is 7.77. The third kappa shape index (κ3) is 3.94. The van der Waals surface area contributed by atoms with Crippen LogP contribution in [0.25, 0.3) is 16.7 Å². The summed E-state index contributed by atoms with van der Waals surface area (Å²) >= 11 is 1.14. The van der Waals surface area contributed by atoms with Crippen molar-refractivity contribution < 1.29 is 4.79 Å². The average Bonchev–Trinajstić information content (AvgIpc) is 3.19. The van der Waals surface area contributed by atoms with Gasteiger partial charge in [0.25, 0.3) is 5.56 Å². The number of benzene rings is 2. The van der Waals surface area contributed by atoms with Gasteiger partial charge >= 0.3 is 0 Å². The molecule has 0 aliphatic heterocycles. The van der Waals surface area contributed by atoms with Gasteiger partial charge in [-0.2, -0.15) is 10.4 Å². The molecule has 1 amide bonds. The summed E-state index contributed by atoms with van der Waals surface area (Å²) in [6, 6.07) is 18.0. The molecule has 2 N–H and O–H groups in total. The fourth-order valence-corrected chi connectivity index (χ4v) is 3.60. The maximum absolute atomic E-state index is 12.5. The Labute approximate surface area is 175 Å². The fourth-order valence-electron chi connectivity index (χ4n) is 2.81. The molecule has 0 fully saturated rings. The molecule has 0 bridgehead atoms. The zero-order chi connectivity index (χ0) is 21.1. The van der Waals surface area contributed by atoms with Gasteiger partial charge in [-0.25, -0.2) is 9.67 Å². The number of H-pyrrole nitrogens is 1. The van der Waals surface area contributed by atoms with Crippen molar-refractivity contribution in [1.82, 2.24) is 19.7 Å². The first-order chi connectivity index (χ1) is 14.5. The molecular weight excluding hydrogens is 400 g/mol. The number of thioether (sulfide) groups is 1. The number of amides is 1. The van der Waals surface area contributed by atoms with Gasteiger partial charge in [0, 0.05) is 5.69 Å². The van der Waals surface area contributed by atoms with Gasteiger partial charge in [-0.1, -0.05) is 30.0 Å². The molecule has 148 valence electrons. The maximum atomic E-state index is 12.5. The van der Waals surface area contributed by atoms with Crippen molar-refractivity contribution in [3.05, 3.63) is 76.7 Å². The smallest absolute Gasteiger partial charge is 0.262 e. The second kappa shape index (κ2) is 8.23. The van der Waals surface area contributed by atoms with Crippen LogP contribution >= 0.6 is 11.8 Å². The third-order valence-corrected chi connectivity index (χ3v) is 5.34. The molecule has 9 heteroatoms. The molecule has 2 aromatic heterocycles. The van der Waals surface area contributed by atoms with Crippen molar-refractivity contribution in [3.63, 3.8) is 0 Å². The minimum atomic E-state index is -0.519. The molecule has 30 heavy (non-hydrogen) atoms. The molecule has 0 aliphatic rings. The van der Waals surface area contributed by atoms with Crippen molar-refractivity contribution in [1.29, 1.82) is 5.26 Å². The monoisotopic (exact) mass is 416 g/mol. The van der Waals surface area contributed by atoms with Crippen molar-refractivity contribution in [3.8, 4) is 11.8 Å². The Bertz CT molecular complexity index is 1310. The highest BCUT2D eigenvalue weighted by molar-refractivity contribution is 8.00. The molecule has 2 aromatic carbocycles. The SMILES string of the molecule is C[C@H](Sc1nc2c(cnn2-c2ccccc2)c(=O)[nH]1)C(=O)Nc1ccc(C#N)cc1. The number of rotatable bonds is 5.